The Labute approximate surface area is 288 Å². The highest BCUT2D eigenvalue weighted by Crippen LogP contribution is 2.51. The predicted octanol–water partition coefficient (Wildman–Crippen LogP) is 10.1. The number of benzene rings is 2. The highest BCUT2D eigenvalue weighted by atomic mass is 16.5. The number of hydrogen-bond donors (Lipinski definition) is 2. The fraction of sp³-hybridized carbons (Fsp3) is 0.476. The van der Waals surface area contributed by atoms with E-state index in [9.17, 15) is 10.2 Å². The first kappa shape index (κ1) is 35.4. The molecule has 2 aliphatic heterocycles. The molecule has 0 amide bonds. The van der Waals surface area contributed by atoms with Gasteiger partial charge in [-0.25, -0.2) is 0 Å². The van der Waals surface area contributed by atoms with Crippen LogP contribution in [0.5, 0.6) is 11.5 Å². The molecule has 1 aliphatic carbocycles. The molecule has 0 saturated carbocycles. The summed E-state index contributed by atoms with van der Waals surface area (Å²) in [6, 6.07) is 12.7. The van der Waals surface area contributed by atoms with E-state index in [4.69, 9.17) is 9.47 Å². The summed E-state index contributed by atoms with van der Waals surface area (Å²) >= 11 is 0. The van der Waals surface area contributed by atoms with Crippen LogP contribution >= 0.6 is 0 Å². The largest absolute Gasteiger partial charge is 0.511 e. The van der Waals surface area contributed by atoms with Gasteiger partial charge in [0, 0.05) is 77.2 Å². The summed E-state index contributed by atoms with van der Waals surface area (Å²) in [5, 5.41) is 23.6. The van der Waals surface area contributed by atoms with Crippen molar-refractivity contribution in [1.82, 2.24) is 0 Å². The number of hydrogen-bond acceptors (Lipinski definition) is 6. The zero-order valence-corrected chi connectivity index (χ0v) is 31.2. The van der Waals surface area contributed by atoms with Crippen molar-refractivity contribution in [2.45, 2.75) is 89.2 Å². The van der Waals surface area contributed by atoms with Crippen LogP contribution < -0.4 is 19.3 Å². The number of anilines is 2. The van der Waals surface area contributed by atoms with E-state index in [-0.39, 0.29) is 16.6 Å². The van der Waals surface area contributed by atoms with Crippen molar-refractivity contribution in [3.63, 3.8) is 0 Å². The lowest BCUT2D eigenvalue weighted by Gasteiger charge is -2.39. The van der Waals surface area contributed by atoms with Crippen molar-refractivity contribution in [1.29, 1.82) is 0 Å². The topological polar surface area (TPSA) is 65.4 Å². The van der Waals surface area contributed by atoms with Gasteiger partial charge in [-0.1, -0.05) is 47.1 Å². The van der Waals surface area contributed by atoms with Crippen LogP contribution in [0.2, 0.25) is 0 Å². The molecular weight excluding hydrogens is 596 g/mol. The van der Waals surface area contributed by atoms with Gasteiger partial charge in [-0.2, -0.15) is 0 Å². The van der Waals surface area contributed by atoms with Gasteiger partial charge >= 0.3 is 0 Å². The van der Waals surface area contributed by atoms with Crippen LogP contribution in [0.4, 0.5) is 11.4 Å². The normalized spacial score (nSPS) is 21.2. The van der Waals surface area contributed by atoms with Crippen molar-refractivity contribution in [3.8, 4) is 11.5 Å². The van der Waals surface area contributed by atoms with Crippen LogP contribution in [0.3, 0.4) is 0 Å². The summed E-state index contributed by atoms with van der Waals surface area (Å²) in [4.78, 5) is 4.61. The molecule has 258 valence electrons. The van der Waals surface area contributed by atoms with E-state index in [2.05, 4.69) is 128 Å². The lowest BCUT2D eigenvalue weighted by Crippen LogP contribution is -2.38. The first-order valence-electron chi connectivity index (χ1n) is 17.7. The molecule has 2 aromatic rings. The molecule has 2 atom stereocenters. The Morgan fingerprint density at radius 3 is 1.50 bits per heavy atom. The van der Waals surface area contributed by atoms with Crippen LogP contribution in [0, 0.1) is 16.7 Å². The summed E-state index contributed by atoms with van der Waals surface area (Å²) in [5.41, 5.74) is 8.03. The van der Waals surface area contributed by atoms with E-state index in [1.807, 2.05) is 13.8 Å². The van der Waals surface area contributed by atoms with E-state index in [1.165, 1.54) is 0 Å². The van der Waals surface area contributed by atoms with E-state index in [0.29, 0.717) is 5.57 Å². The number of ether oxygens (including phenoxy) is 2. The third-order valence-electron chi connectivity index (χ3n) is 10.1. The maximum absolute atomic E-state index is 11.8. The number of nitrogens with zero attached hydrogens (tertiary/aromatic N) is 2. The summed E-state index contributed by atoms with van der Waals surface area (Å²) in [6.45, 7) is 29.1. The Balaban J connectivity index is 1.63. The zero-order valence-electron chi connectivity index (χ0n) is 31.2. The Morgan fingerprint density at radius 2 is 1.10 bits per heavy atom. The number of aliphatic hydroxyl groups is 2. The first-order chi connectivity index (χ1) is 22.5. The molecule has 0 fully saturated rings. The number of fused-ring (bicyclic) bond motifs is 2. The Morgan fingerprint density at radius 1 is 0.688 bits per heavy atom. The van der Waals surface area contributed by atoms with E-state index in [1.54, 1.807) is 0 Å². The molecule has 2 unspecified atom stereocenters. The monoisotopic (exact) mass is 652 g/mol. The summed E-state index contributed by atoms with van der Waals surface area (Å²) < 4.78 is 13.0. The summed E-state index contributed by atoms with van der Waals surface area (Å²) in [6.07, 6.45) is 3.32. The predicted molar refractivity (Wildman–Crippen MR) is 201 cm³/mol. The molecule has 48 heavy (non-hydrogen) atoms. The van der Waals surface area contributed by atoms with Gasteiger partial charge in [0.05, 0.1) is 12.0 Å². The van der Waals surface area contributed by atoms with Crippen LogP contribution in [-0.2, 0) is 0 Å². The zero-order chi connectivity index (χ0) is 35.3. The molecule has 2 heterocycles. The maximum atomic E-state index is 11.8. The molecule has 5 rings (SSSR count). The fourth-order valence-corrected chi connectivity index (χ4v) is 7.00. The van der Waals surface area contributed by atoms with Crippen LogP contribution in [0.1, 0.15) is 94.2 Å². The van der Waals surface area contributed by atoms with Gasteiger partial charge in [0.1, 0.15) is 28.8 Å². The van der Waals surface area contributed by atoms with Crippen LogP contribution in [-0.4, -0.2) is 42.5 Å². The second-order valence-corrected chi connectivity index (χ2v) is 15.3. The number of allylic oxidation sites excluding steroid dienone is 6. The van der Waals surface area contributed by atoms with Gasteiger partial charge in [0.15, 0.2) is 0 Å². The standard InChI is InChI=1S/C42H56N2O4/c1-13-43(14-2)27-17-19-29-31(23-35(41(7,8)9)47-33(29)21-27)25(5)37-39(45)38(40(37)46)26(6)32-24-36(42(10,11)12)48-34-22-28(18-20-30(32)34)44(15-3)16-4/h17-24,37,39,45-46H,13-16H2,1-12H3/b31-25-,32-26-. The van der Waals surface area contributed by atoms with E-state index >= 15 is 0 Å². The number of rotatable bonds is 8. The molecule has 0 spiro atoms. The van der Waals surface area contributed by atoms with Crippen molar-refractivity contribution in [2.75, 3.05) is 36.0 Å². The highest BCUT2D eigenvalue weighted by molar-refractivity contribution is 5.88. The first-order valence-corrected chi connectivity index (χ1v) is 17.7. The van der Waals surface area contributed by atoms with Crippen molar-refractivity contribution in [3.05, 3.63) is 93.7 Å². The average molecular weight is 653 g/mol. The van der Waals surface area contributed by atoms with Crippen LogP contribution in [0.25, 0.3) is 11.1 Å². The number of aliphatic hydroxyl groups excluding tert-OH is 2. The van der Waals surface area contributed by atoms with E-state index < -0.39 is 12.0 Å². The summed E-state index contributed by atoms with van der Waals surface area (Å²) in [7, 11) is 0. The van der Waals surface area contributed by atoms with Crippen molar-refractivity contribution in [2.24, 2.45) is 16.7 Å². The lowest BCUT2D eigenvalue weighted by molar-refractivity contribution is 0.106. The minimum Gasteiger partial charge on any atom is -0.511 e. The molecule has 6 nitrogen and oxygen atoms in total. The van der Waals surface area contributed by atoms with Crippen molar-refractivity contribution >= 4 is 22.5 Å². The third-order valence-corrected chi connectivity index (χ3v) is 10.1. The van der Waals surface area contributed by atoms with Gasteiger partial charge in [-0.3, -0.25) is 0 Å². The SMILES string of the molecule is CCN(CC)c1ccc2c(c1)OC(C(C)(C)C)=C/C2=C(\C)C1=C(O)C(/C(C)=C2/C=C(C(C)(C)C)Oc3cc(N(CC)CC)ccc32)C1O. The Kier molecular flexibility index (Phi) is 9.73. The Bertz CT molecular complexity index is 1730. The van der Waals surface area contributed by atoms with E-state index in [0.717, 1.165) is 94.0 Å². The van der Waals surface area contributed by atoms with Gasteiger partial charge in [-0.05, 0) is 94.7 Å². The molecule has 2 aromatic carbocycles. The minimum absolute atomic E-state index is 0.217. The smallest absolute Gasteiger partial charge is 0.136 e. The molecule has 2 N–H and O–H groups in total. The quantitative estimate of drug-likeness (QED) is 0.296. The molecule has 0 saturated heterocycles. The molecule has 0 radical (unpaired) electrons. The highest BCUT2D eigenvalue weighted by Gasteiger charge is 2.44. The average Bonchev–Trinajstić information content (AvgIpc) is 3.03. The van der Waals surface area contributed by atoms with Gasteiger partial charge in [-0.15, -0.1) is 0 Å². The fourth-order valence-electron chi connectivity index (χ4n) is 7.00. The van der Waals surface area contributed by atoms with Gasteiger partial charge in [0.25, 0.3) is 0 Å². The second kappa shape index (κ2) is 13.2. The van der Waals surface area contributed by atoms with Crippen molar-refractivity contribution < 1.29 is 19.7 Å². The third kappa shape index (κ3) is 6.32. The molecule has 0 aromatic heterocycles. The Hall–Kier alpha value is -3.90. The minimum atomic E-state index is -0.856. The lowest BCUT2D eigenvalue weighted by atomic mass is 9.70. The molecule has 6 heteroatoms. The molecule has 3 aliphatic rings. The molecule has 0 bridgehead atoms. The molecular formula is C42H56N2O4. The van der Waals surface area contributed by atoms with Gasteiger partial charge < -0.3 is 29.5 Å². The van der Waals surface area contributed by atoms with Crippen LogP contribution in [0.15, 0.2) is 82.5 Å². The maximum Gasteiger partial charge on any atom is 0.136 e. The van der Waals surface area contributed by atoms with Gasteiger partial charge in [0.2, 0.25) is 0 Å². The summed E-state index contributed by atoms with van der Waals surface area (Å²) in [5.74, 6) is 3.01. The second-order valence-electron chi connectivity index (χ2n) is 15.3.